The van der Waals surface area contributed by atoms with Crippen LogP contribution in [-0.4, -0.2) is 17.4 Å². The molecule has 1 amide bonds. The fraction of sp³-hybridized carbons (Fsp3) is 0.167. The average molecular weight is 468 g/mol. The molecular formula is C30H29NO2S. The lowest BCUT2D eigenvalue weighted by Crippen LogP contribution is -2.30. The molecule has 0 radical (unpaired) electrons. The van der Waals surface area contributed by atoms with Crippen molar-refractivity contribution in [3.8, 4) is 5.75 Å². The summed E-state index contributed by atoms with van der Waals surface area (Å²) in [7, 11) is 0. The molecule has 0 aliphatic carbocycles. The fourth-order valence-corrected chi connectivity index (χ4v) is 4.69. The molecule has 0 N–H and O–H groups in total. The Morgan fingerprint density at radius 1 is 0.765 bits per heavy atom. The maximum atomic E-state index is 13.7. The van der Waals surface area contributed by atoms with Crippen LogP contribution in [0.1, 0.15) is 34.0 Å². The van der Waals surface area contributed by atoms with E-state index in [1.54, 1.807) is 11.8 Å². The lowest BCUT2D eigenvalue weighted by molar-refractivity contribution is 0.0730. The van der Waals surface area contributed by atoms with E-state index in [2.05, 4.69) is 36.4 Å². The second kappa shape index (κ2) is 12.1. The normalized spacial score (nSPS) is 10.6. The number of rotatable bonds is 10. The highest BCUT2D eigenvalue weighted by Crippen LogP contribution is 2.29. The summed E-state index contributed by atoms with van der Waals surface area (Å²) in [5, 5.41) is 0. The van der Waals surface area contributed by atoms with E-state index in [9.17, 15) is 4.79 Å². The first-order valence-corrected chi connectivity index (χ1v) is 12.5. The van der Waals surface area contributed by atoms with Gasteiger partial charge >= 0.3 is 0 Å². The minimum atomic E-state index is 0.0155. The van der Waals surface area contributed by atoms with Crippen molar-refractivity contribution in [2.24, 2.45) is 0 Å². The molecule has 4 aromatic carbocycles. The number of carbonyl (C=O) groups is 1. The van der Waals surface area contributed by atoms with Crippen LogP contribution in [0.2, 0.25) is 0 Å². The molecule has 3 nitrogen and oxygen atoms in total. The number of nitrogens with zero attached hydrogens (tertiary/aromatic N) is 1. The van der Waals surface area contributed by atoms with Crippen LogP contribution in [0.25, 0.3) is 0 Å². The molecule has 0 heterocycles. The molecule has 0 saturated heterocycles. The third kappa shape index (κ3) is 6.52. The molecule has 0 unspecified atom stereocenters. The Morgan fingerprint density at radius 2 is 1.32 bits per heavy atom. The maximum absolute atomic E-state index is 13.7. The molecule has 4 aromatic rings. The van der Waals surface area contributed by atoms with Crippen molar-refractivity contribution in [1.82, 2.24) is 4.90 Å². The van der Waals surface area contributed by atoms with Crippen LogP contribution in [0, 0.1) is 0 Å². The van der Waals surface area contributed by atoms with Crippen molar-refractivity contribution in [1.29, 1.82) is 0 Å². The van der Waals surface area contributed by atoms with Gasteiger partial charge in [0, 0.05) is 34.9 Å². The van der Waals surface area contributed by atoms with Gasteiger partial charge in [0.15, 0.2) is 0 Å². The average Bonchev–Trinajstić information content (AvgIpc) is 2.89. The SMILES string of the molecule is CCOc1ccc(C(=O)N(Cc2ccccc2)Cc2ccccc2)cc1CSc1ccccc1. The number of amides is 1. The Kier molecular flexibility index (Phi) is 8.42. The van der Waals surface area contributed by atoms with E-state index in [-0.39, 0.29) is 5.91 Å². The van der Waals surface area contributed by atoms with E-state index < -0.39 is 0 Å². The minimum absolute atomic E-state index is 0.0155. The summed E-state index contributed by atoms with van der Waals surface area (Å²) in [4.78, 5) is 16.8. The molecule has 4 rings (SSSR count). The smallest absolute Gasteiger partial charge is 0.254 e. The van der Waals surface area contributed by atoms with Gasteiger partial charge in [0.1, 0.15) is 5.75 Å². The van der Waals surface area contributed by atoms with Crippen LogP contribution >= 0.6 is 11.8 Å². The Morgan fingerprint density at radius 3 is 1.88 bits per heavy atom. The molecule has 0 spiro atoms. The molecule has 0 aromatic heterocycles. The van der Waals surface area contributed by atoms with Crippen molar-refractivity contribution in [2.45, 2.75) is 30.7 Å². The van der Waals surface area contributed by atoms with Gasteiger partial charge in [-0.15, -0.1) is 11.8 Å². The van der Waals surface area contributed by atoms with E-state index in [0.717, 1.165) is 28.2 Å². The Balaban J connectivity index is 1.60. The highest BCUT2D eigenvalue weighted by atomic mass is 32.2. The van der Waals surface area contributed by atoms with E-state index >= 15 is 0 Å². The van der Waals surface area contributed by atoms with Gasteiger partial charge in [0.25, 0.3) is 5.91 Å². The van der Waals surface area contributed by atoms with Crippen LogP contribution in [0.3, 0.4) is 0 Å². The van der Waals surface area contributed by atoms with Crippen molar-refractivity contribution < 1.29 is 9.53 Å². The number of thioether (sulfide) groups is 1. The second-order valence-electron chi connectivity index (χ2n) is 7.99. The molecule has 0 aliphatic heterocycles. The predicted octanol–water partition coefficient (Wildman–Crippen LogP) is 7.22. The van der Waals surface area contributed by atoms with Gasteiger partial charge in [-0.1, -0.05) is 78.9 Å². The summed E-state index contributed by atoms with van der Waals surface area (Å²) in [6.07, 6.45) is 0. The topological polar surface area (TPSA) is 29.5 Å². The van der Waals surface area contributed by atoms with Gasteiger partial charge in [-0.05, 0) is 48.4 Å². The van der Waals surface area contributed by atoms with Crippen LogP contribution in [0.4, 0.5) is 0 Å². The zero-order chi connectivity index (χ0) is 23.6. The Labute approximate surface area is 206 Å². The van der Waals surface area contributed by atoms with Crippen LogP contribution < -0.4 is 4.74 Å². The van der Waals surface area contributed by atoms with Crippen LogP contribution in [-0.2, 0) is 18.8 Å². The zero-order valence-corrected chi connectivity index (χ0v) is 20.2. The summed E-state index contributed by atoms with van der Waals surface area (Å²) in [6, 6.07) is 36.4. The third-order valence-corrected chi connectivity index (χ3v) is 6.53. The molecule has 0 atom stereocenters. The van der Waals surface area contributed by atoms with Crippen molar-refractivity contribution in [3.63, 3.8) is 0 Å². The number of hydrogen-bond acceptors (Lipinski definition) is 3. The summed E-state index contributed by atoms with van der Waals surface area (Å²) in [6.45, 7) is 3.67. The summed E-state index contributed by atoms with van der Waals surface area (Å²) < 4.78 is 5.87. The zero-order valence-electron chi connectivity index (χ0n) is 19.4. The van der Waals surface area contributed by atoms with Gasteiger partial charge in [0.2, 0.25) is 0 Å². The highest BCUT2D eigenvalue weighted by Gasteiger charge is 2.19. The predicted molar refractivity (Wildman–Crippen MR) is 140 cm³/mol. The summed E-state index contributed by atoms with van der Waals surface area (Å²) in [5.41, 5.74) is 3.93. The third-order valence-electron chi connectivity index (χ3n) is 5.46. The van der Waals surface area contributed by atoms with Crippen molar-refractivity contribution in [3.05, 3.63) is 131 Å². The lowest BCUT2D eigenvalue weighted by Gasteiger charge is -2.24. The summed E-state index contributed by atoms with van der Waals surface area (Å²) in [5.74, 6) is 1.58. The molecule has 0 fully saturated rings. The van der Waals surface area contributed by atoms with Crippen LogP contribution in [0.5, 0.6) is 5.75 Å². The first-order valence-electron chi connectivity index (χ1n) is 11.5. The minimum Gasteiger partial charge on any atom is -0.494 e. The molecule has 4 heteroatoms. The fourth-order valence-electron chi connectivity index (χ4n) is 3.79. The van der Waals surface area contributed by atoms with Gasteiger partial charge in [-0.25, -0.2) is 0 Å². The van der Waals surface area contributed by atoms with E-state index in [0.29, 0.717) is 25.3 Å². The molecule has 0 bridgehead atoms. The maximum Gasteiger partial charge on any atom is 0.254 e. The second-order valence-corrected chi connectivity index (χ2v) is 9.04. The van der Waals surface area contributed by atoms with E-state index in [1.807, 2.05) is 84.6 Å². The number of hydrogen-bond donors (Lipinski definition) is 0. The quantitative estimate of drug-likeness (QED) is 0.231. The number of ether oxygens (including phenoxy) is 1. The number of benzene rings is 4. The molecule has 34 heavy (non-hydrogen) atoms. The standard InChI is InChI=1S/C30H29NO2S/c1-2-33-29-19-18-26(20-27(29)23-34-28-16-10-5-11-17-28)30(32)31(21-24-12-6-3-7-13-24)22-25-14-8-4-9-15-25/h3-20H,2,21-23H2,1H3. The Hall–Kier alpha value is -3.50. The van der Waals surface area contributed by atoms with Gasteiger partial charge in [-0.2, -0.15) is 0 Å². The highest BCUT2D eigenvalue weighted by molar-refractivity contribution is 7.98. The largest absolute Gasteiger partial charge is 0.494 e. The molecular weight excluding hydrogens is 438 g/mol. The van der Waals surface area contributed by atoms with E-state index in [1.165, 1.54) is 4.90 Å². The molecule has 172 valence electrons. The van der Waals surface area contributed by atoms with Gasteiger partial charge < -0.3 is 9.64 Å². The first kappa shape index (κ1) is 23.7. The van der Waals surface area contributed by atoms with E-state index in [4.69, 9.17) is 4.74 Å². The van der Waals surface area contributed by atoms with Gasteiger partial charge in [-0.3, -0.25) is 4.79 Å². The number of carbonyl (C=O) groups excluding carboxylic acids is 1. The van der Waals surface area contributed by atoms with Gasteiger partial charge in [0.05, 0.1) is 6.61 Å². The monoisotopic (exact) mass is 467 g/mol. The first-order chi connectivity index (χ1) is 16.7. The molecule has 0 saturated carbocycles. The molecule has 0 aliphatic rings. The van der Waals surface area contributed by atoms with Crippen molar-refractivity contribution >= 4 is 17.7 Å². The van der Waals surface area contributed by atoms with Crippen LogP contribution in [0.15, 0.2) is 114 Å². The Bertz CT molecular complexity index is 1140. The van der Waals surface area contributed by atoms with Crippen molar-refractivity contribution in [2.75, 3.05) is 6.61 Å². The summed E-state index contributed by atoms with van der Waals surface area (Å²) >= 11 is 1.74. The lowest BCUT2D eigenvalue weighted by atomic mass is 10.1.